The predicted octanol–water partition coefficient (Wildman–Crippen LogP) is 2.79. The molecule has 5 nitrogen and oxygen atoms in total. The number of imidazole rings is 1. The summed E-state index contributed by atoms with van der Waals surface area (Å²) in [6.45, 7) is 4.47. The highest BCUT2D eigenvalue weighted by Gasteiger charge is 2.16. The number of benzene rings is 1. The lowest BCUT2D eigenvalue weighted by Crippen LogP contribution is -2.07. The van der Waals surface area contributed by atoms with Crippen molar-refractivity contribution in [3.8, 4) is 0 Å². The van der Waals surface area contributed by atoms with Gasteiger partial charge in [-0.05, 0) is 43.2 Å². The number of hydrogen-bond donors (Lipinski definition) is 1. The van der Waals surface area contributed by atoms with Crippen LogP contribution < -0.4 is 0 Å². The van der Waals surface area contributed by atoms with Gasteiger partial charge in [-0.1, -0.05) is 6.07 Å². The molecule has 0 aliphatic carbocycles. The molecule has 0 saturated carbocycles. The first-order valence-corrected chi connectivity index (χ1v) is 6.66. The number of fused-ring (bicyclic) bond motifs is 1. The topological polar surface area (TPSA) is 68.0 Å². The molecule has 0 aliphatic rings. The monoisotopic (exact) mass is 281 g/mol. The highest BCUT2D eigenvalue weighted by Crippen LogP contribution is 2.22. The largest absolute Gasteiger partial charge is 0.478 e. The van der Waals surface area contributed by atoms with Crippen molar-refractivity contribution in [2.45, 2.75) is 20.4 Å². The third-order valence-corrected chi connectivity index (χ3v) is 3.65. The number of nitrogens with zero attached hydrogens (tertiary/aromatic N) is 3. The summed E-state index contributed by atoms with van der Waals surface area (Å²) in [7, 11) is 0. The minimum Gasteiger partial charge on any atom is -0.478 e. The summed E-state index contributed by atoms with van der Waals surface area (Å²) < 4.78 is 1.95. The van der Waals surface area contributed by atoms with Gasteiger partial charge >= 0.3 is 5.97 Å². The van der Waals surface area contributed by atoms with Crippen LogP contribution in [0.15, 0.2) is 36.7 Å². The lowest BCUT2D eigenvalue weighted by molar-refractivity contribution is 0.0698. The highest BCUT2D eigenvalue weighted by atomic mass is 16.4. The fraction of sp³-hybridized carbons (Fsp3) is 0.188. The lowest BCUT2D eigenvalue weighted by atomic mass is 10.1. The summed E-state index contributed by atoms with van der Waals surface area (Å²) in [5.74, 6) is -0.136. The molecule has 21 heavy (non-hydrogen) atoms. The molecule has 0 amide bonds. The molecule has 0 saturated heterocycles. The second-order valence-electron chi connectivity index (χ2n) is 5.03. The van der Waals surface area contributed by atoms with E-state index in [1.165, 1.54) is 0 Å². The second-order valence-corrected chi connectivity index (χ2v) is 5.03. The zero-order valence-corrected chi connectivity index (χ0v) is 11.9. The second kappa shape index (κ2) is 5.01. The molecule has 0 radical (unpaired) electrons. The number of rotatable bonds is 3. The third kappa shape index (κ3) is 2.27. The summed E-state index contributed by atoms with van der Waals surface area (Å²) in [4.78, 5) is 20.0. The Balaban J connectivity index is 2.20. The van der Waals surface area contributed by atoms with Crippen LogP contribution in [0.4, 0.5) is 0 Å². The molecular weight excluding hydrogens is 266 g/mol. The molecule has 0 fully saturated rings. The van der Waals surface area contributed by atoms with Gasteiger partial charge in [-0.2, -0.15) is 0 Å². The number of carboxylic acids is 1. The van der Waals surface area contributed by atoms with E-state index in [2.05, 4.69) is 9.97 Å². The predicted molar refractivity (Wildman–Crippen MR) is 79.5 cm³/mol. The van der Waals surface area contributed by atoms with Gasteiger partial charge < -0.3 is 9.67 Å². The molecule has 2 heterocycles. The molecule has 0 spiro atoms. The smallest absolute Gasteiger partial charge is 0.337 e. The molecule has 0 bridgehead atoms. The maximum absolute atomic E-state index is 11.4. The van der Waals surface area contributed by atoms with Crippen LogP contribution in [0.25, 0.3) is 11.0 Å². The van der Waals surface area contributed by atoms with E-state index in [-0.39, 0.29) is 5.56 Å². The molecule has 106 valence electrons. The van der Waals surface area contributed by atoms with Crippen molar-refractivity contribution in [1.29, 1.82) is 0 Å². The van der Waals surface area contributed by atoms with Crippen LogP contribution in [0.5, 0.6) is 0 Å². The number of carbonyl (C=O) groups is 1. The van der Waals surface area contributed by atoms with Gasteiger partial charge in [0.05, 0.1) is 16.6 Å². The summed E-state index contributed by atoms with van der Waals surface area (Å²) >= 11 is 0. The Labute approximate surface area is 121 Å². The maximum atomic E-state index is 11.4. The van der Waals surface area contributed by atoms with E-state index in [1.807, 2.05) is 36.7 Å². The Morgan fingerprint density at radius 3 is 2.81 bits per heavy atom. The quantitative estimate of drug-likeness (QED) is 0.801. The summed E-state index contributed by atoms with van der Waals surface area (Å²) in [6, 6.07) is 7.12. The van der Waals surface area contributed by atoms with Gasteiger partial charge in [0.1, 0.15) is 5.82 Å². The van der Waals surface area contributed by atoms with Gasteiger partial charge in [0.15, 0.2) is 0 Å². The maximum Gasteiger partial charge on any atom is 0.337 e. The van der Waals surface area contributed by atoms with Crippen LogP contribution in [0.3, 0.4) is 0 Å². The van der Waals surface area contributed by atoms with E-state index in [0.717, 1.165) is 17.0 Å². The fourth-order valence-electron chi connectivity index (χ4n) is 2.52. The van der Waals surface area contributed by atoms with Crippen molar-refractivity contribution < 1.29 is 9.90 Å². The van der Waals surface area contributed by atoms with E-state index in [0.29, 0.717) is 17.6 Å². The van der Waals surface area contributed by atoms with Crippen molar-refractivity contribution in [2.24, 2.45) is 0 Å². The Kier molecular flexibility index (Phi) is 3.17. The summed E-state index contributed by atoms with van der Waals surface area (Å²) in [6.07, 6.45) is 3.55. The fourth-order valence-corrected chi connectivity index (χ4v) is 2.52. The molecule has 3 rings (SSSR count). The van der Waals surface area contributed by atoms with Crippen LogP contribution in [0.1, 0.15) is 27.3 Å². The van der Waals surface area contributed by atoms with Gasteiger partial charge in [0.2, 0.25) is 0 Å². The number of para-hydroxylation sites is 1. The van der Waals surface area contributed by atoms with Gasteiger partial charge in [-0.3, -0.25) is 4.98 Å². The standard InChI is InChI=1S/C16H15N3O2/c1-10-8-17-7-6-12(10)9-19-11(2)18-14-5-3-4-13(15(14)19)16(20)21/h3-8H,9H2,1-2H3,(H,20,21). The Hall–Kier alpha value is -2.69. The molecular formula is C16H15N3O2. The molecule has 0 aliphatic heterocycles. The van der Waals surface area contributed by atoms with E-state index >= 15 is 0 Å². The number of aromatic nitrogens is 3. The van der Waals surface area contributed by atoms with Crippen molar-refractivity contribution in [2.75, 3.05) is 0 Å². The molecule has 2 aromatic heterocycles. The summed E-state index contributed by atoms with van der Waals surface area (Å²) in [5.41, 5.74) is 3.83. The summed E-state index contributed by atoms with van der Waals surface area (Å²) in [5, 5.41) is 9.39. The first kappa shape index (κ1) is 13.3. The number of aryl methyl sites for hydroxylation is 2. The van der Waals surface area contributed by atoms with Gasteiger partial charge in [0.25, 0.3) is 0 Å². The first-order chi connectivity index (χ1) is 10.1. The average Bonchev–Trinajstić information content (AvgIpc) is 2.77. The zero-order chi connectivity index (χ0) is 15.0. The Bertz CT molecular complexity index is 837. The third-order valence-electron chi connectivity index (χ3n) is 3.65. The van der Waals surface area contributed by atoms with E-state index in [9.17, 15) is 9.90 Å². The Morgan fingerprint density at radius 2 is 2.10 bits per heavy atom. The van der Waals surface area contributed by atoms with Crippen LogP contribution in [0, 0.1) is 13.8 Å². The van der Waals surface area contributed by atoms with Crippen molar-refractivity contribution in [3.63, 3.8) is 0 Å². The average molecular weight is 281 g/mol. The molecule has 0 unspecified atom stereocenters. The number of hydrogen-bond acceptors (Lipinski definition) is 3. The highest BCUT2D eigenvalue weighted by molar-refractivity contribution is 6.01. The molecule has 5 heteroatoms. The minimum atomic E-state index is -0.937. The number of carboxylic acid groups (broad SMARTS) is 1. The van der Waals surface area contributed by atoms with Crippen LogP contribution in [-0.4, -0.2) is 25.6 Å². The van der Waals surface area contributed by atoms with Gasteiger partial charge in [-0.25, -0.2) is 9.78 Å². The number of pyridine rings is 1. The molecule has 3 aromatic rings. The van der Waals surface area contributed by atoms with Crippen molar-refractivity contribution >= 4 is 17.0 Å². The minimum absolute atomic E-state index is 0.278. The van der Waals surface area contributed by atoms with Gasteiger partial charge in [-0.15, -0.1) is 0 Å². The zero-order valence-electron chi connectivity index (χ0n) is 11.9. The van der Waals surface area contributed by atoms with Gasteiger partial charge in [0, 0.05) is 18.9 Å². The van der Waals surface area contributed by atoms with Crippen LogP contribution in [-0.2, 0) is 6.54 Å². The van der Waals surface area contributed by atoms with Crippen LogP contribution in [0.2, 0.25) is 0 Å². The SMILES string of the molecule is Cc1cnccc1Cn1c(C)nc2cccc(C(=O)O)c21. The van der Waals surface area contributed by atoms with E-state index < -0.39 is 5.97 Å². The molecule has 1 N–H and O–H groups in total. The van der Waals surface area contributed by atoms with Crippen molar-refractivity contribution in [1.82, 2.24) is 14.5 Å². The first-order valence-electron chi connectivity index (χ1n) is 6.66. The lowest BCUT2D eigenvalue weighted by Gasteiger charge is -2.10. The van der Waals surface area contributed by atoms with Crippen LogP contribution >= 0.6 is 0 Å². The molecule has 0 atom stereocenters. The van der Waals surface area contributed by atoms with E-state index in [4.69, 9.17) is 0 Å². The Morgan fingerprint density at radius 1 is 1.29 bits per heavy atom. The number of aromatic carboxylic acids is 1. The normalized spacial score (nSPS) is 11.0. The molecule has 1 aromatic carbocycles. The van der Waals surface area contributed by atoms with E-state index in [1.54, 1.807) is 18.3 Å². The van der Waals surface area contributed by atoms with Crippen molar-refractivity contribution in [3.05, 3.63) is 59.2 Å².